The average Bonchev–Trinajstić information content (AvgIpc) is 1.64. The van der Waals surface area contributed by atoms with Gasteiger partial charge in [-0.3, -0.25) is 4.55 Å². The van der Waals surface area contributed by atoms with Gasteiger partial charge in [-0.1, -0.05) is 0 Å². The van der Waals surface area contributed by atoms with Gasteiger partial charge in [-0.15, -0.1) is 11.2 Å². The van der Waals surface area contributed by atoms with E-state index in [0.717, 1.165) is 0 Å². The largest absolute Gasteiger partial charge is 0.455 e. The van der Waals surface area contributed by atoms with Crippen LogP contribution in [0.2, 0.25) is 0 Å². The van der Waals surface area contributed by atoms with Gasteiger partial charge in [0, 0.05) is 0 Å². The fourth-order valence-corrected chi connectivity index (χ4v) is 0.469. The quantitative estimate of drug-likeness (QED) is 0.303. The summed E-state index contributed by atoms with van der Waals surface area (Å²) >= 11 is 1.25. The Hall–Kier alpha value is 0.0800. The van der Waals surface area contributed by atoms with E-state index < -0.39 is 21.8 Å². The van der Waals surface area contributed by atoms with Crippen molar-refractivity contribution < 1.29 is 19.9 Å². The molecular formula is HNO4S3. The van der Waals surface area contributed by atoms with Crippen LogP contribution in [0.15, 0.2) is 0 Å². The summed E-state index contributed by atoms with van der Waals surface area (Å²) in [6.45, 7) is 0. The van der Waals surface area contributed by atoms with Gasteiger partial charge < -0.3 is 12.8 Å². The molecule has 8 heavy (non-hydrogen) atoms. The van der Waals surface area contributed by atoms with E-state index in [1.54, 1.807) is 0 Å². The minimum atomic E-state index is -2.79. The van der Waals surface area contributed by atoms with Crippen molar-refractivity contribution >= 4 is 34.6 Å². The summed E-state index contributed by atoms with van der Waals surface area (Å²) in [4.78, 5) is 0. The Kier molecular flexibility index (Phi) is 3.21. The molecule has 0 rings (SSSR count). The van der Waals surface area contributed by atoms with Crippen LogP contribution in [0.1, 0.15) is 0 Å². The first kappa shape index (κ1) is 8.08. The van der Waals surface area contributed by atoms with Gasteiger partial charge in [0.05, 0.1) is 0 Å². The summed E-state index contributed by atoms with van der Waals surface area (Å²) in [5.74, 6) is 0. The Balaban J connectivity index is 4.78. The zero-order chi connectivity index (χ0) is 6.73. The Morgan fingerprint density at radius 1 is 1.38 bits per heavy atom. The molecule has 0 bridgehead atoms. The van der Waals surface area contributed by atoms with E-state index in [2.05, 4.69) is 12.8 Å². The van der Waals surface area contributed by atoms with E-state index >= 15 is 0 Å². The SMILES string of the molecule is O=S(O)[N+]([S-])=S(=O)=O. The Labute approximate surface area is 55.0 Å². The van der Waals surface area contributed by atoms with E-state index in [4.69, 9.17) is 4.55 Å². The molecule has 1 unspecified atom stereocenters. The summed E-state index contributed by atoms with van der Waals surface area (Å²) in [7, 11) is -2.79. The second-order valence-corrected chi connectivity index (χ2v) is 3.36. The van der Waals surface area contributed by atoms with Crippen LogP contribution in [-0.2, 0) is 34.6 Å². The van der Waals surface area contributed by atoms with Crippen LogP contribution in [0.5, 0.6) is 0 Å². The van der Waals surface area contributed by atoms with E-state index in [1.807, 2.05) is 0 Å². The third-order valence-corrected chi connectivity index (χ3v) is 2.24. The zero-order valence-electron chi connectivity index (χ0n) is 3.34. The number of rotatable bonds is 1. The van der Waals surface area contributed by atoms with Crippen molar-refractivity contribution in [2.24, 2.45) is 0 Å². The van der Waals surface area contributed by atoms with Gasteiger partial charge in [0.15, 0.2) is 0 Å². The first-order chi connectivity index (χ1) is 3.55. The van der Waals surface area contributed by atoms with Crippen LogP contribution >= 0.6 is 0 Å². The van der Waals surface area contributed by atoms with Crippen LogP contribution in [0, 0.1) is 0 Å². The summed E-state index contributed by atoms with van der Waals surface area (Å²) < 4.78 is 36.7. The van der Waals surface area contributed by atoms with Gasteiger partial charge in [-0.2, -0.15) is 4.21 Å². The van der Waals surface area contributed by atoms with Crippen molar-refractivity contribution in [3.05, 3.63) is 0 Å². The smallest absolute Gasteiger partial charge is 0.350 e. The van der Waals surface area contributed by atoms with Gasteiger partial charge in [0.1, 0.15) is 0 Å². The fourth-order valence-electron chi connectivity index (χ4n) is 0.0521. The fraction of sp³-hybridized carbons (Fsp3) is 0. The standard InChI is InChI=1S/HNO4S3/c2-7(3)1(6)8(4)5/h(H,2,3). The van der Waals surface area contributed by atoms with E-state index in [1.165, 1.54) is 0 Å². The molecule has 0 heterocycles. The molecule has 0 saturated heterocycles. The third kappa shape index (κ3) is 2.40. The van der Waals surface area contributed by atoms with E-state index in [9.17, 15) is 12.6 Å². The molecule has 5 nitrogen and oxygen atoms in total. The molecule has 0 aliphatic carbocycles. The van der Waals surface area contributed by atoms with Crippen molar-refractivity contribution in [3.8, 4) is 0 Å². The lowest BCUT2D eigenvalue weighted by Crippen LogP contribution is -2.03. The number of hydrogen-bond donors (Lipinski definition) is 1. The molecule has 1 N–H and O–H groups in total. The first-order valence-electron chi connectivity index (χ1n) is 1.23. The van der Waals surface area contributed by atoms with Crippen LogP contribution in [0.3, 0.4) is 0 Å². The zero-order valence-corrected chi connectivity index (χ0v) is 5.79. The van der Waals surface area contributed by atoms with Gasteiger partial charge >= 0.3 is 21.8 Å². The Bertz CT molecular complexity index is 214. The lowest BCUT2D eigenvalue weighted by atomic mass is 13.9. The highest BCUT2D eigenvalue weighted by Crippen LogP contribution is 1.71. The topological polar surface area (TPSA) is 74.4 Å². The first-order valence-corrected chi connectivity index (χ1v) is 3.69. The maximum Gasteiger partial charge on any atom is 0.455 e. The van der Waals surface area contributed by atoms with Crippen LogP contribution in [-0.4, -0.2) is 19.9 Å². The second-order valence-electron chi connectivity index (χ2n) is 0.671. The molecule has 0 amide bonds. The van der Waals surface area contributed by atoms with Crippen LogP contribution < -0.4 is 0 Å². The second kappa shape index (κ2) is 3.17. The molecule has 0 aromatic heterocycles. The molecule has 0 aromatic rings. The summed E-state index contributed by atoms with van der Waals surface area (Å²) in [5.41, 5.74) is 0. The molecule has 0 saturated carbocycles. The molecule has 0 spiro atoms. The van der Waals surface area contributed by atoms with Crippen LogP contribution in [0.4, 0.5) is 0 Å². The van der Waals surface area contributed by atoms with Crippen molar-refractivity contribution in [2.75, 3.05) is 0 Å². The summed E-state index contributed by atoms with van der Waals surface area (Å²) in [5, 5.41) is 0. The molecule has 8 heteroatoms. The maximum absolute atomic E-state index is 9.68. The van der Waals surface area contributed by atoms with Gasteiger partial charge in [-0.25, -0.2) is 0 Å². The minimum absolute atomic E-state index is 0.139. The number of nitrogens with zero attached hydrogens (tertiary/aromatic N) is 1. The highest BCUT2D eigenvalue weighted by atomic mass is 32.3. The molecule has 0 aliphatic heterocycles. The summed E-state index contributed by atoms with van der Waals surface area (Å²) in [6, 6.07) is 0. The van der Waals surface area contributed by atoms with Gasteiger partial charge in [0.2, 0.25) is 0 Å². The number of hydrogen-bond acceptors (Lipinski definition) is 4. The van der Waals surface area contributed by atoms with Crippen molar-refractivity contribution in [1.29, 1.82) is 0 Å². The van der Waals surface area contributed by atoms with Crippen molar-refractivity contribution in [3.63, 3.8) is 0 Å². The molecule has 48 valence electrons. The van der Waals surface area contributed by atoms with Gasteiger partial charge in [-0.05, 0) is 0 Å². The average molecular weight is 175 g/mol. The molecule has 1 atom stereocenters. The normalized spacial score (nSPS) is 12.8. The molecular weight excluding hydrogens is 174 g/mol. The maximum atomic E-state index is 9.68. The summed E-state index contributed by atoms with van der Waals surface area (Å²) in [6.07, 6.45) is 0. The van der Waals surface area contributed by atoms with E-state index in [-0.39, 0.29) is 2.76 Å². The van der Waals surface area contributed by atoms with Crippen molar-refractivity contribution in [1.82, 2.24) is 0 Å². The molecule has 0 aliphatic rings. The lowest BCUT2D eigenvalue weighted by Gasteiger charge is -1.83. The predicted molar refractivity (Wildman–Crippen MR) is 27.3 cm³/mol. The molecule has 0 radical (unpaired) electrons. The highest BCUT2D eigenvalue weighted by molar-refractivity contribution is 7.84. The Morgan fingerprint density at radius 2 is 1.75 bits per heavy atom. The van der Waals surface area contributed by atoms with Crippen molar-refractivity contribution in [2.45, 2.75) is 0 Å². The van der Waals surface area contributed by atoms with Gasteiger partial charge in [0.25, 0.3) is 0 Å². The van der Waals surface area contributed by atoms with Crippen LogP contribution in [0.25, 0.3) is 0 Å². The van der Waals surface area contributed by atoms with E-state index in [0.29, 0.717) is 0 Å². The third-order valence-electron chi connectivity index (χ3n) is 0.249. The Morgan fingerprint density at radius 3 is 1.75 bits per heavy atom. The lowest BCUT2D eigenvalue weighted by molar-refractivity contribution is -0.121. The predicted octanol–water partition coefficient (Wildman–Crippen LogP) is -1.34. The molecule has 0 aromatic carbocycles. The minimum Gasteiger partial charge on any atom is -0.350 e. The monoisotopic (exact) mass is 175 g/mol. The highest BCUT2D eigenvalue weighted by Gasteiger charge is 1.97. The molecule has 0 fully saturated rings.